The molecule has 0 saturated carbocycles. The summed E-state index contributed by atoms with van der Waals surface area (Å²) in [5.41, 5.74) is 0.935. The summed E-state index contributed by atoms with van der Waals surface area (Å²) < 4.78 is 10.3. The number of amides is 1. The van der Waals surface area contributed by atoms with Crippen molar-refractivity contribution >= 4 is 17.2 Å². The average molecular weight is 363 g/mol. The lowest BCUT2D eigenvalue weighted by molar-refractivity contribution is -0.122. The third kappa shape index (κ3) is 5.39. The summed E-state index contributed by atoms with van der Waals surface area (Å²) in [6.07, 6.45) is 2.41. The normalized spacial score (nSPS) is 20.5. The Hall–Kier alpha value is -1.70. The van der Waals surface area contributed by atoms with Gasteiger partial charge in [0.05, 0.1) is 12.2 Å². The van der Waals surface area contributed by atoms with E-state index in [4.69, 9.17) is 9.26 Å². The summed E-state index contributed by atoms with van der Waals surface area (Å²) >= 11 is 1.67. The van der Waals surface area contributed by atoms with Crippen LogP contribution < -0.4 is 10.6 Å². The Balaban J connectivity index is 1.51. The van der Waals surface area contributed by atoms with Gasteiger partial charge in [0.2, 0.25) is 5.91 Å². The lowest BCUT2D eigenvalue weighted by atomic mass is 9.81. The molecule has 0 aromatic carbocycles. The number of rotatable bonds is 8. The van der Waals surface area contributed by atoms with Crippen LogP contribution in [0, 0.1) is 11.8 Å². The maximum atomic E-state index is 12.3. The summed E-state index contributed by atoms with van der Waals surface area (Å²) in [6, 6.07) is 6.00. The zero-order chi connectivity index (χ0) is 17.5. The molecule has 1 saturated heterocycles. The molecule has 0 unspecified atom stereocenters. The van der Waals surface area contributed by atoms with E-state index in [1.54, 1.807) is 18.4 Å². The highest BCUT2D eigenvalue weighted by atomic mass is 32.1. The van der Waals surface area contributed by atoms with E-state index in [-0.39, 0.29) is 5.91 Å². The smallest absolute Gasteiger partial charge is 0.220 e. The molecule has 2 aromatic rings. The van der Waals surface area contributed by atoms with Gasteiger partial charge in [-0.15, -0.1) is 11.3 Å². The molecular formula is C18H25N3O3S. The molecule has 1 amide bonds. The van der Waals surface area contributed by atoms with Crippen LogP contribution in [0.25, 0.3) is 0 Å². The lowest BCUT2D eigenvalue weighted by Gasteiger charge is -2.31. The van der Waals surface area contributed by atoms with Crippen molar-refractivity contribution in [2.45, 2.75) is 32.4 Å². The first kappa shape index (κ1) is 18.1. The molecule has 7 heteroatoms. The van der Waals surface area contributed by atoms with E-state index in [0.29, 0.717) is 31.4 Å². The third-order valence-electron chi connectivity index (χ3n) is 4.62. The van der Waals surface area contributed by atoms with Crippen LogP contribution in [0.4, 0.5) is 0 Å². The quantitative estimate of drug-likeness (QED) is 0.753. The van der Waals surface area contributed by atoms with Crippen molar-refractivity contribution in [1.82, 2.24) is 15.8 Å². The average Bonchev–Trinajstić information content (AvgIpc) is 3.27. The van der Waals surface area contributed by atoms with Gasteiger partial charge in [-0.1, -0.05) is 11.2 Å². The van der Waals surface area contributed by atoms with E-state index >= 15 is 0 Å². The Morgan fingerprint density at radius 2 is 2.44 bits per heavy atom. The first-order valence-electron chi connectivity index (χ1n) is 8.68. The van der Waals surface area contributed by atoms with Crippen molar-refractivity contribution in [3.8, 4) is 0 Å². The Morgan fingerprint density at radius 1 is 1.52 bits per heavy atom. The van der Waals surface area contributed by atoms with Crippen LogP contribution in [0.15, 0.2) is 28.1 Å². The Kier molecular flexibility index (Phi) is 6.61. The number of nitrogens with one attached hydrogen (secondary N) is 2. The zero-order valence-corrected chi connectivity index (χ0v) is 15.3. The van der Waals surface area contributed by atoms with Crippen LogP contribution in [-0.4, -0.2) is 31.3 Å². The van der Waals surface area contributed by atoms with E-state index in [2.05, 4.69) is 15.8 Å². The first-order valence-corrected chi connectivity index (χ1v) is 9.55. The number of piperidine rings is 1. The van der Waals surface area contributed by atoms with E-state index < -0.39 is 0 Å². The monoisotopic (exact) mass is 363 g/mol. The van der Waals surface area contributed by atoms with Crippen LogP contribution in [0.2, 0.25) is 0 Å². The fourth-order valence-electron chi connectivity index (χ4n) is 3.32. The molecule has 6 nitrogen and oxygen atoms in total. The molecule has 136 valence electrons. The molecule has 2 atom stereocenters. The summed E-state index contributed by atoms with van der Waals surface area (Å²) in [7, 11) is 1.64. The highest BCUT2D eigenvalue weighted by Gasteiger charge is 2.28. The number of ether oxygens (including phenoxy) is 1. The van der Waals surface area contributed by atoms with Gasteiger partial charge in [-0.3, -0.25) is 4.79 Å². The Morgan fingerprint density at radius 3 is 3.24 bits per heavy atom. The van der Waals surface area contributed by atoms with E-state index in [1.165, 1.54) is 4.88 Å². The highest BCUT2D eigenvalue weighted by molar-refractivity contribution is 7.09. The van der Waals surface area contributed by atoms with Crippen molar-refractivity contribution in [3.05, 3.63) is 39.9 Å². The van der Waals surface area contributed by atoms with E-state index in [9.17, 15) is 4.79 Å². The van der Waals surface area contributed by atoms with Gasteiger partial charge >= 0.3 is 0 Å². The molecule has 25 heavy (non-hydrogen) atoms. The molecule has 1 aliphatic heterocycles. The number of hydrogen-bond acceptors (Lipinski definition) is 6. The summed E-state index contributed by atoms with van der Waals surface area (Å²) in [6.45, 7) is 2.93. The second kappa shape index (κ2) is 9.12. The SMILES string of the molecule is COCc1cc(C[C@H]2CNCC[C@H]2CC(=O)NCc2cccs2)no1. The van der Waals surface area contributed by atoms with Crippen molar-refractivity contribution in [2.24, 2.45) is 11.8 Å². The van der Waals surface area contributed by atoms with Crippen molar-refractivity contribution in [2.75, 3.05) is 20.2 Å². The molecular weight excluding hydrogens is 338 g/mol. The van der Waals surface area contributed by atoms with Gasteiger partial charge in [0.15, 0.2) is 5.76 Å². The number of carbonyl (C=O) groups is 1. The lowest BCUT2D eigenvalue weighted by Crippen LogP contribution is -2.40. The summed E-state index contributed by atoms with van der Waals surface area (Å²) in [5.74, 6) is 1.63. The van der Waals surface area contributed by atoms with Gasteiger partial charge in [-0.05, 0) is 49.2 Å². The van der Waals surface area contributed by atoms with Crippen molar-refractivity contribution in [1.29, 1.82) is 0 Å². The van der Waals surface area contributed by atoms with Gasteiger partial charge in [0, 0.05) is 24.5 Å². The topological polar surface area (TPSA) is 76.4 Å². The largest absolute Gasteiger partial charge is 0.377 e. The van der Waals surface area contributed by atoms with Crippen LogP contribution in [0.1, 0.15) is 29.2 Å². The zero-order valence-electron chi connectivity index (χ0n) is 14.5. The second-order valence-electron chi connectivity index (χ2n) is 6.49. The van der Waals surface area contributed by atoms with Gasteiger partial charge < -0.3 is 19.9 Å². The fraction of sp³-hybridized carbons (Fsp3) is 0.556. The fourth-order valence-corrected chi connectivity index (χ4v) is 3.97. The molecule has 3 heterocycles. The first-order chi connectivity index (χ1) is 12.2. The molecule has 0 spiro atoms. The number of hydrogen-bond donors (Lipinski definition) is 2. The molecule has 2 aromatic heterocycles. The minimum Gasteiger partial charge on any atom is -0.377 e. The number of nitrogens with zero attached hydrogens (tertiary/aromatic N) is 1. The third-order valence-corrected chi connectivity index (χ3v) is 5.49. The molecule has 0 aliphatic carbocycles. The Labute approximate surface area is 151 Å². The molecule has 1 aliphatic rings. The minimum absolute atomic E-state index is 0.130. The predicted octanol–water partition coefficient (Wildman–Crippen LogP) is 2.36. The van der Waals surface area contributed by atoms with Crippen molar-refractivity contribution < 1.29 is 14.1 Å². The predicted molar refractivity (Wildman–Crippen MR) is 96.2 cm³/mol. The van der Waals surface area contributed by atoms with Crippen LogP contribution >= 0.6 is 11.3 Å². The maximum absolute atomic E-state index is 12.3. The standard InChI is InChI=1S/C18H25N3O3S/c1-23-12-16-9-15(21-24-16)7-14-10-19-5-4-13(14)8-18(22)20-11-17-3-2-6-25-17/h2-3,6,9,13-14,19H,4-5,7-8,10-12H2,1H3,(H,20,22)/t13-,14-/m0/s1. The highest BCUT2D eigenvalue weighted by Crippen LogP contribution is 2.26. The van der Waals surface area contributed by atoms with Crippen LogP contribution in [0.5, 0.6) is 0 Å². The van der Waals surface area contributed by atoms with E-state index in [0.717, 1.165) is 37.4 Å². The number of thiophene rings is 1. The van der Waals surface area contributed by atoms with Crippen LogP contribution in [-0.2, 0) is 29.1 Å². The number of carbonyl (C=O) groups excluding carboxylic acids is 1. The van der Waals surface area contributed by atoms with Gasteiger partial charge in [-0.2, -0.15) is 0 Å². The van der Waals surface area contributed by atoms with E-state index in [1.807, 2.05) is 23.6 Å². The second-order valence-corrected chi connectivity index (χ2v) is 7.53. The molecule has 3 rings (SSSR count). The Bertz CT molecular complexity index is 656. The number of aromatic nitrogens is 1. The maximum Gasteiger partial charge on any atom is 0.220 e. The van der Waals surface area contributed by atoms with Crippen LogP contribution in [0.3, 0.4) is 0 Å². The molecule has 0 bridgehead atoms. The number of methoxy groups -OCH3 is 1. The summed E-state index contributed by atoms with van der Waals surface area (Å²) in [5, 5.41) is 12.6. The molecule has 0 radical (unpaired) electrons. The summed E-state index contributed by atoms with van der Waals surface area (Å²) in [4.78, 5) is 13.5. The molecule has 1 fully saturated rings. The van der Waals surface area contributed by atoms with Gasteiger partial charge in [-0.25, -0.2) is 0 Å². The van der Waals surface area contributed by atoms with Crippen molar-refractivity contribution in [3.63, 3.8) is 0 Å². The minimum atomic E-state index is 0.130. The molecule has 2 N–H and O–H groups in total. The van der Waals surface area contributed by atoms with Gasteiger partial charge in [0.25, 0.3) is 0 Å². The van der Waals surface area contributed by atoms with Gasteiger partial charge in [0.1, 0.15) is 6.61 Å².